The molecule has 2 heterocycles. The Morgan fingerprint density at radius 1 is 1.20 bits per heavy atom. The molecule has 4 rings (SSSR count). The van der Waals surface area contributed by atoms with Gasteiger partial charge < -0.3 is 15.2 Å². The molecule has 3 fully saturated rings. The van der Waals surface area contributed by atoms with Crippen LogP contribution in [-0.2, 0) is 11.3 Å². The van der Waals surface area contributed by atoms with E-state index in [0.29, 0.717) is 30.2 Å². The van der Waals surface area contributed by atoms with Gasteiger partial charge in [-0.1, -0.05) is 5.16 Å². The summed E-state index contributed by atoms with van der Waals surface area (Å²) in [5, 5.41) is 3.94. The first-order valence-corrected chi connectivity index (χ1v) is 8.67. The highest BCUT2D eigenvalue weighted by Crippen LogP contribution is 2.48. The van der Waals surface area contributed by atoms with Crippen molar-refractivity contribution in [3.05, 3.63) is 11.7 Å². The summed E-state index contributed by atoms with van der Waals surface area (Å²) >= 11 is 0. The molecule has 1 aromatic heterocycles. The molecule has 0 spiro atoms. The predicted molar refractivity (Wildman–Crippen MR) is 97.7 cm³/mol. The maximum Gasteiger partial charge on any atom is 0.227 e. The zero-order valence-electron chi connectivity index (χ0n) is 14.5. The maximum atomic E-state index is 12.9. The first-order valence-electron chi connectivity index (χ1n) is 8.67. The van der Waals surface area contributed by atoms with E-state index >= 15 is 0 Å². The fraction of sp³-hybridized carbons (Fsp3) is 0.812. The second kappa shape index (κ2) is 8.20. The molecule has 25 heavy (non-hydrogen) atoms. The second-order valence-corrected chi connectivity index (χ2v) is 7.27. The smallest absolute Gasteiger partial charge is 0.227 e. The third kappa shape index (κ3) is 3.94. The average molecular weight is 392 g/mol. The molecule has 4 atom stereocenters. The maximum absolute atomic E-state index is 12.9. The molecule has 2 saturated carbocycles. The van der Waals surface area contributed by atoms with Gasteiger partial charge in [-0.25, -0.2) is 0 Å². The molecule has 1 aliphatic heterocycles. The van der Waals surface area contributed by atoms with Crippen LogP contribution in [0.3, 0.4) is 0 Å². The zero-order valence-corrected chi connectivity index (χ0v) is 16.1. The molecule has 3 aliphatic rings. The van der Waals surface area contributed by atoms with Crippen LogP contribution in [0.25, 0.3) is 0 Å². The monoisotopic (exact) mass is 391 g/mol. The number of nitrogens with zero attached hydrogens (tertiary/aromatic N) is 4. The van der Waals surface area contributed by atoms with Crippen LogP contribution >= 0.6 is 24.8 Å². The molecule has 1 amide bonds. The Labute approximate surface area is 160 Å². The lowest BCUT2D eigenvalue weighted by Crippen LogP contribution is -2.53. The van der Waals surface area contributed by atoms with E-state index < -0.39 is 0 Å². The minimum absolute atomic E-state index is 0. The van der Waals surface area contributed by atoms with Gasteiger partial charge in [-0.05, 0) is 31.1 Å². The van der Waals surface area contributed by atoms with Crippen molar-refractivity contribution in [3.63, 3.8) is 0 Å². The standard InChI is InChI=1S/C16H25N5O2.2ClH/c1-10-18-13(19-23-10)9-20-4-6-21(7-5-20)16(22)14-11-2-3-12(8-11)15(14)17;;/h11-12,14-15H,2-9,17H2,1H3;2*1H. The van der Waals surface area contributed by atoms with E-state index in [0.717, 1.165) is 38.4 Å². The summed E-state index contributed by atoms with van der Waals surface area (Å²) in [7, 11) is 0. The van der Waals surface area contributed by atoms with E-state index in [-0.39, 0.29) is 36.8 Å². The van der Waals surface area contributed by atoms with Gasteiger partial charge in [0.2, 0.25) is 11.8 Å². The van der Waals surface area contributed by atoms with Gasteiger partial charge >= 0.3 is 0 Å². The number of hydrogen-bond donors (Lipinski definition) is 1. The molecule has 2 aliphatic carbocycles. The molecule has 0 radical (unpaired) electrons. The minimum atomic E-state index is 0. The number of piperazine rings is 1. The van der Waals surface area contributed by atoms with E-state index in [4.69, 9.17) is 10.3 Å². The number of fused-ring (bicyclic) bond motifs is 2. The fourth-order valence-electron chi connectivity index (χ4n) is 4.64. The summed E-state index contributed by atoms with van der Waals surface area (Å²) < 4.78 is 5.01. The van der Waals surface area contributed by atoms with Gasteiger partial charge in [0.1, 0.15) is 0 Å². The first-order chi connectivity index (χ1) is 11.1. The van der Waals surface area contributed by atoms with Gasteiger partial charge in [-0.3, -0.25) is 9.69 Å². The third-order valence-corrected chi connectivity index (χ3v) is 5.88. The molecule has 142 valence electrons. The number of aryl methyl sites for hydroxylation is 1. The normalized spacial score (nSPS) is 31.5. The Morgan fingerprint density at radius 3 is 2.44 bits per heavy atom. The molecular formula is C16H27Cl2N5O2. The summed E-state index contributed by atoms with van der Waals surface area (Å²) in [5.74, 6) is 2.79. The Balaban J connectivity index is 0.00000113. The summed E-state index contributed by atoms with van der Waals surface area (Å²) in [6.07, 6.45) is 3.56. The van der Waals surface area contributed by atoms with E-state index in [1.165, 1.54) is 12.8 Å². The largest absolute Gasteiger partial charge is 0.340 e. The summed E-state index contributed by atoms with van der Waals surface area (Å²) in [5.41, 5.74) is 6.32. The zero-order chi connectivity index (χ0) is 16.0. The third-order valence-electron chi connectivity index (χ3n) is 5.88. The van der Waals surface area contributed by atoms with Gasteiger partial charge in [0.15, 0.2) is 5.82 Å². The molecule has 2 N–H and O–H groups in total. The van der Waals surface area contributed by atoms with E-state index in [2.05, 4.69) is 15.0 Å². The lowest BCUT2D eigenvalue weighted by atomic mass is 9.84. The lowest BCUT2D eigenvalue weighted by Gasteiger charge is -2.38. The Bertz CT molecular complexity index is 589. The van der Waals surface area contributed by atoms with Crippen molar-refractivity contribution >= 4 is 30.7 Å². The number of amides is 1. The number of carbonyl (C=O) groups is 1. The van der Waals surface area contributed by atoms with Crippen molar-refractivity contribution in [2.24, 2.45) is 23.5 Å². The highest BCUT2D eigenvalue weighted by Gasteiger charge is 2.50. The summed E-state index contributed by atoms with van der Waals surface area (Å²) in [6, 6.07) is 0.0848. The van der Waals surface area contributed by atoms with Crippen LogP contribution in [0.15, 0.2) is 4.52 Å². The van der Waals surface area contributed by atoms with Crippen LogP contribution < -0.4 is 5.73 Å². The topological polar surface area (TPSA) is 88.5 Å². The van der Waals surface area contributed by atoms with Gasteiger partial charge in [-0.2, -0.15) is 4.98 Å². The number of hydrogen-bond acceptors (Lipinski definition) is 6. The van der Waals surface area contributed by atoms with Crippen molar-refractivity contribution in [2.75, 3.05) is 26.2 Å². The number of halogens is 2. The first kappa shape index (κ1) is 20.4. The highest BCUT2D eigenvalue weighted by molar-refractivity contribution is 5.85. The van der Waals surface area contributed by atoms with Gasteiger partial charge in [0.05, 0.1) is 12.5 Å². The molecular weight excluding hydrogens is 365 g/mol. The summed E-state index contributed by atoms with van der Waals surface area (Å²) in [4.78, 5) is 21.4. The Hall–Kier alpha value is -0.890. The fourth-order valence-corrected chi connectivity index (χ4v) is 4.64. The number of rotatable bonds is 3. The molecule has 1 aromatic rings. The van der Waals surface area contributed by atoms with Crippen molar-refractivity contribution in [3.8, 4) is 0 Å². The van der Waals surface area contributed by atoms with Crippen molar-refractivity contribution in [1.82, 2.24) is 19.9 Å². The number of aromatic nitrogens is 2. The quantitative estimate of drug-likeness (QED) is 0.833. The summed E-state index contributed by atoms with van der Waals surface area (Å²) in [6.45, 7) is 5.75. The Kier molecular flexibility index (Phi) is 6.70. The van der Waals surface area contributed by atoms with Crippen molar-refractivity contribution < 1.29 is 9.32 Å². The average Bonchev–Trinajstić information content (AvgIpc) is 3.24. The molecule has 0 aromatic carbocycles. The highest BCUT2D eigenvalue weighted by atomic mass is 35.5. The van der Waals surface area contributed by atoms with Crippen LogP contribution in [0, 0.1) is 24.7 Å². The molecule has 9 heteroatoms. The van der Waals surface area contributed by atoms with Crippen molar-refractivity contribution in [2.45, 2.75) is 38.8 Å². The lowest BCUT2D eigenvalue weighted by molar-refractivity contribution is -0.139. The van der Waals surface area contributed by atoms with E-state index in [9.17, 15) is 4.79 Å². The van der Waals surface area contributed by atoms with Gasteiger partial charge in [-0.15, -0.1) is 24.8 Å². The van der Waals surface area contributed by atoms with Crippen LogP contribution in [-0.4, -0.2) is 58.1 Å². The van der Waals surface area contributed by atoms with Crippen LogP contribution in [0.1, 0.15) is 31.0 Å². The van der Waals surface area contributed by atoms with Crippen LogP contribution in [0.5, 0.6) is 0 Å². The van der Waals surface area contributed by atoms with Gasteiger partial charge in [0.25, 0.3) is 0 Å². The minimum Gasteiger partial charge on any atom is -0.340 e. The molecule has 4 unspecified atom stereocenters. The van der Waals surface area contributed by atoms with Gasteiger partial charge in [0, 0.05) is 39.1 Å². The number of nitrogens with two attached hydrogens (primary N) is 1. The van der Waals surface area contributed by atoms with Crippen LogP contribution in [0.4, 0.5) is 0 Å². The predicted octanol–water partition coefficient (Wildman–Crippen LogP) is 1.24. The Morgan fingerprint density at radius 2 is 1.88 bits per heavy atom. The molecule has 1 saturated heterocycles. The molecule has 7 nitrogen and oxygen atoms in total. The molecule has 2 bridgehead atoms. The van der Waals surface area contributed by atoms with Crippen molar-refractivity contribution in [1.29, 1.82) is 0 Å². The van der Waals surface area contributed by atoms with E-state index in [1.807, 2.05) is 4.90 Å². The number of carbonyl (C=O) groups excluding carboxylic acids is 1. The van der Waals surface area contributed by atoms with Crippen LogP contribution in [0.2, 0.25) is 0 Å². The second-order valence-electron chi connectivity index (χ2n) is 7.27. The van der Waals surface area contributed by atoms with E-state index in [1.54, 1.807) is 6.92 Å². The SMILES string of the molecule is Cc1nc(CN2CCN(C(=O)C3C4CCC(C4)C3N)CC2)no1.Cl.Cl.